The lowest BCUT2D eigenvalue weighted by molar-refractivity contribution is -0.122. The first-order valence-corrected chi connectivity index (χ1v) is 8.06. The number of carbonyl (C=O) groups excluding carboxylic acids is 2. The highest BCUT2D eigenvalue weighted by Crippen LogP contribution is 2.22. The summed E-state index contributed by atoms with van der Waals surface area (Å²) in [6.45, 7) is 3.22. The van der Waals surface area contributed by atoms with Crippen molar-refractivity contribution in [2.75, 3.05) is 23.7 Å². The summed E-state index contributed by atoms with van der Waals surface area (Å²) in [5, 5.41) is 8.53. The molecule has 7 heteroatoms. The van der Waals surface area contributed by atoms with Crippen molar-refractivity contribution < 1.29 is 14.0 Å². The average Bonchev–Trinajstić information content (AvgIpc) is 2.58. The van der Waals surface area contributed by atoms with Crippen molar-refractivity contribution in [3.63, 3.8) is 0 Å². The lowest BCUT2D eigenvalue weighted by Crippen LogP contribution is -2.36. The van der Waals surface area contributed by atoms with Gasteiger partial charge in [-0.1, -0.05) is 23.7 Å². The van der Waals surface area contributed by atoms with Gasteiger partial charge in [-0.25, -0.2) is 4.39 Å². The van der Waals surface area contributed by atoms with Gasteiger partial charge in [0, 0.05) is 16.4 Å². The molecule has 0 atom stereocenters. The standard InChI is InChI=1S/C18H19ClFN3O2/c1-11-6-7-13(8-15(11)20)21-9-17(24)22-10-18(25)23-16-5-3-4-14(19)12(16)2/h3-8,21H,9-10H2,1-2H3,(H,22,24)(H,23,25). The summed E-state index contributed by atoms with van der Waals surface area (Å²) in [7, 11) is 0. The maximum Gasteiger partial charge on any atom is 0.243 e. The number of rotatable bonds is 6. The van der Waals surface area contributed by atoms with Gasteiger partial charge < -0.3 is 16.0 Å². The van der Waals surface area contributed by atoms with Crippen LogP contribution in [0.5, 0.6) is 0 Å². The van der Waals surface area contributed by atoms with Crippen LogP contribution in [-0.2, 0) is 9.59 Å². The molecule has 0 aliphatic heterocycles. The van der Waals surface area contributed by atoms with Crippen LogP contribution in [0.2, 0.25) is 5.02 Å². The molecule has 3 N–H and O–H groups in total. The van der Waals surface area contributed by atoms with Crippen LogP contribution in [0.4, 0.5) is 15.8 Å². The number of aryl methyl sites for hydroxylation is 1. The van der Waals surface area contributed by atoms with Gasteiger partial charge in [-0.15, -0.1) is 0 Å². The molecule has 0 spiro atoms. The summed E-state index contributed by atoms with van der Waals surface area (Å²) < 4.78 is 13.4. The van der Waals surface area contributed by atoms with Crippen molar-refractivity contribution in [2.24, 2.45) is 0 Å². The highest BCUT2D eigenvalue weighted by molar-refractivity contribution is 6.31. The van der Waals surface area contributed by atoms with Gasteiger partial charge in [-0.2, -0.15) is 0 Å². The van der Waals surface area contributed by atoms with Gasteiger partial charge >= 0.3 is 0 Å². The predicted molar refractivity (Wildman–Crippen MR) is 97.5 cm³/mol. The Morgan fingerprint density at radius 1 is 1.08 bits per heavy atom. The highest BCUT2D eigenvalue weighted by atomic mass is 35.5. The SMILES string of the molecule is Cc1ccc(NCC(=O)NCC(=O)Nc2cccc(Cl)c2C)cc1F. The largest absolute Gasteiger partial charge is 0.376 e. The Hall–Kier alpha value is -2.60. The maximum absolute atomic E-state index is 13.4. The van der Waals surface area contributed by atoms with Crippen LogP contribution in [-0.4, -0.2) is 24.9 Å². The Morgan fingerprint density at radius 2 is 1.84 bits per heavy atom. The normalized spacial score (nSPS) is 10.2. The van der Waals surface area contributed by atoms with Crippen LogP contribution in [0.25, 0.3) is 0 Å². The summed E-state index contributed by atoms with van der Waals surface area (Å²) in [5.74, 6) is -1.08. The zero-order valence-electron chi connectivity index (χ0n) is 14.0. The molecular formula is C18H19ClFN3O2. The first kappa shape index (κ1) is 18.7. The molecule has 0 aromatic heterocycles. The van der Waals surface area contributed by atoms with E-state index in [9.17, 15) is 14.0 Å². The third-order valence-corrected chi connectivity index (χ3v) is 4.02. The fourth-order valence-corrected chi connectivity index (χ4v) is 2.24. The maximum atomic E-state index is 13.4. The number of hydrogen-bond acceptors (Lipinski definition) is 3. The molecule has 0 saturated carbocycles. The summed E-state index contributed by atoms with van der Waals surface area (Å²) >= 11 is 5.99. The minimum absolute atomic E-state index is 0.0635. The van der Waals surface area contributed by atoms with Crippen molar-refractivity contribution in [3.8, 4) is 0 Å². The molecule has 0 heterocycles. The molecule has 2 rings (SSSR count). The number of hydrogen-bond donors (Lipinski definition) is 3. The summed E-state index contributed by atoms with van der Waals surface area (Å²) in [6, 6.07) is 9.81. The Kier molecular flexibility index (Phi) is 6.36. The minimum atomic E-state index is -0.376. The number of halogens is 2. The Labute approximate surface area is 150 Å². The molecule has 0 aliphatic rings. The molecule has 0 bridgehead atoms. The van der Waals surface area contributed by atoms with Crippen molar-refractivity contribution in [1.29, 1.82) is 0 Å². The lowest BCUT2D eigenvalue weighted by atomic mass is 10.2. The third-order valence-electron chi connectivity index (χ3n) is 3.61. The van der Waals surface area contributed by atoms with Gasteiger partial charge in [-0.05, 0) is 49.2 Å². The van der Waals surface area contributed by atoms with Gasteiger partial charge in [0.2, 0.25) is 11.8 Å². The highest BCUT2D eigenvalue weighted by Gasteiger charge is 2.09. The van der Waals surface area contributed by atoms with Crippen LogP contribution < -0.4 is 16.0 Å². The number of benzene rings is 2. The van der Waals surface area contributed by atoms with E-state index in [4.69, 9.17) is 11.6 Å². The lowest BCUT2D eigenvalue weighted by Gasteiger charge is -2.11. The van der Waals surface area contributed by atoms with E-state index < -0.39 is 0 Å². The molecule has 0 aliphatic carbocycles. The Morgan fingerprint density at radius 3 is 2.56 bits per heavy atom. The van der Waals surface area contributed by atoms with E-state index in [1.54, 1.807) is 44.2 Å². The van der Waals surface area contributed by atoms with Gasteiger partial charge in [0.05, 0.1) is 13.1 Å². The number of amides is 2. The fraction of sp³-hybridized carbons (Fsp3) is 0.222. The molecule has 2 aromatic carbocycles. The minimum Gasteiger partial charge on any atom is -0.376 e. The number of anilines is 2. The molecule has 132 valence electrons. The van der Waals surface area contributed by atoms with Crippen molar-refractivity contribution in [2.45, 2.75) is 13.8 Å². The molecule has 5 nitrogen and oxygen atoms in total. The second-order valence-corrected chi connectivity index (χ2v) is 5.96. The molecule has 2 aromatic rings. The Balaban J connectivity index is 1.78. The van der Waals surface area contributed by atoms with Gasteiger partial charge in [0.15, 0.2) is 0 Å². The molecule has 25 heavy (non-hydrogen) atoms. The van der Waals surface area contributed by atoms with Crippen molar-refractivity contribution in [3.05, 3.63) is 58.4 Å². The molecule has 0 radical (unpaired) electrons. The molecule has 0 saturated heterocycles. The van der Waals surface area contributed by atoms with E-state index in [0.29, 0.717) is 22.0 Å². The molecule has 0 fully saturated rings. The summed E-state index contributed by atoms with van der Waals surface area (Å²) in [4.78, 5) is 23.7. The van der Waals surface area contributed by atoms with Gasteiger partial charge in [0.25, 0.3) is 0 Å². The van der Waals surface area contributed by atoms with Crippen LogP contribution in [0.3, 0.4) is 0 Å². The first-order valence-electron chi connectivity index (χ1n) is 7.68. The van der Waals surface area contributed by atoms with Crippen molar-refractivity contribution >= 4 is 34.8 Å². The third kappa shape index (κ3) is 5.46. The van der Waals surface area contributed by atoms with Crippen molar-refractivity contribution in [1.82, 2.24) is 5.32 Å². The second-order valence-electron chi connectivity index (χ2n) is 5.55. The van der Waals surface area contributed by atoms with Crippen LogP contribution in [0.1, 0.15) is 11.1 Å². The summed E-state index contributed by atoms with van der Waals surface area (Å²) in [5.41, 5.74) is 2.38. The van der Waals surface area contributed by atoms with Gasteiger partial charge in [0.1, 0.15) is 5.82 Å². The van der Waals surface area contributed by atoms with Crippen LogP contribution in [0.15, 0.2) is 36.4 Å². The molecule has 2 amide bonds. The summed E-state index contributed by atoms with van der Waals surface area (Å²) in [6.07, 6.45) is 0. The van der Waals surface area contributed by atoms with Gasteiger partial charge in [-0.3, -0.25) is 9.59 Å². The van der Waals surface area contributed by atoms with E-state index in [0.717, 1.165) is 5.56 Å². The van der Waals surface area contributed by atoms with E-state index in [1.807, 2.05) is 0 Å². The van der Waals surface area contributed by atoms with E-state index in [2.05, 4.69) is 16.0 Å². The van der Waals surface area contributed by atoms with Crippen LogP contribution >= 0.6 is 11.6 Å². The average molecular weight is 364 g/mol. The predicted octanol–water partition coefficient (Wildman–Crippen LogP) is 3.26. The fourth-order valence-electron chi connectivity index (χ4n) is 2.06. The second kappa shape index (κ2) is 8.48. The van der Waals surface area contributed by atoms with E-state index >= 15 is 0 Å². The monoisotopic (exact) mass is 363 g/mol. The number of carbonyl (C=O) groups is 2. The zero-order valence-corrected chi connectivity index (χ0v) is 14.7. The quantitative estimate of drug-likeness (QED) is 0.737. The topological polar surface area (TPSA) is 70.2 Å². The van der Waals surface area contributed by atoms with E-state index in [1.165, 1.54) is 6.07 Å². The number of nitrogens with one attached hydrogen (secondary N) is 3. The smallest absolute Gasteiger partial charge is 0.243 e. The zero-order chi connectivity index (χ0) is 18.4. The van der Waals surface area contributed by atoms with E-state index in [-0.39, 0.29) is 30.7 Å². The van der Waals surface area contributed by atoms with Crippen LogP contribution in [0, 0.1) is 19.7 Å². The molecular weight excluding hydrogens is 345 g/mol. The first-order chi connectivity index (χ1) is 11.9. The Bertz CT molecular complexity index is 796. The molecule has 0 unspecified atom stereocenters.